The van der Waals surface area contributed by atoms with Crippen molar-refractivity contribution in [2.45, 2.75) is 6.04 Å². The van der Waals surface area contributed by atoms with Crippen LogP contribution in [0.1, 0.15) is 17.2 Å². The molecule has 2 rings (SSSR count). The molecule has 1 heterocycles. The molecule has 0 saturated carbocycles. The lowest BCUT2D eigenvalue weighted by Crippen LogP contribution is -2.13. The first-order valence-corrected chi connectivity index (χ1v) is 5.61. The van der Waals surface area contributed by atoms with Crippen LogP contribution in [0.3, 0.4) is 0 Å². The average Bonchev–Trinajstić information content (AvgIpc) is 2.39. The monoisotopic (exact) mass is 227 g/mol. The Balaban J connectivity index is 2.23. The van der Waals surface area contributed by atoms with Crippen LogP contribution >= 0.6 is 0 Å². The average molecular weight is 227 g/mol. The number of nitrogens with zero attached hydrogens (tertiary/aromatic N) is 2. The highest BCUT2D eigenvalue weighted by Gasteiger charge is 2.08. The van der Waals surface area contributed by atoms with Gasteiger partial charge in [-0.1, -0.05) is 18.2 Å². The number of pyridine rings is 1. The summed E-state index contributed by atoms with van der Waals surface area (Å²) in [6.07, 6.45) is 3.57. The lowest BCUT2D eigenvalue weighted by Gasteiger charge is -2.15. The van der Waals surface area contributed by atoms with Gasteiger partial charge in [-0.2, -0.15) is 0 Å². The highest BCUT2D eigenvalue weighted by Crippen LogP contribution is 2.21. The molecule has 0 aliphatic carbocycles. The van der Waals surface area contributed by atoms with Crippen LogP contribution in [0.2, 0.25) is 0 Å². The van der Waals surface area contributed by atoms with E-state index >= 15 is 0 Å². The van der Waals surface area contributed by atoms with E-state index in [0.29, 0.717) is 0 Å². The quantitative estimate of drug-likeness (QED) is 0.874. The first-order chi connectivity index (χ1) is 8.18. The van der Waals surface area contributed by atoms with Gasteiger partial charge in [-0.3, -0.25) is 4.98 Å². The number of hydrogen-bond acceptors (Lipinski definition) is 3. The van der Waals surface area contributed by atoms with Crippen LogP contribution in [0.15, 0.2) is 48.8 Å². The minimum absolute atomic E-state index is 0.111. The second kappa shape index (κ2) is 4.97. The Morgan fingerprint density at radius 1 is 1.06 bits per heavy atom. The van der Waals surface area contributed by atoms with Gasteiger partial charge in [-0.15, -0.1) is 0 Å². The molecule has 0 aliphatic heterocycles. The van der Waals surface area contributed by atoms with Gasteiger partial charge in [0.25, 0.3) is 0 Å². The Hall–Kier alpha value is -1.87. The van der Waals surface area contributed by atoms with Gasteiger partial charge in [0.1, 0.15) is 0 Å². The van der Waals surface area contributed by atoms with Crippen LogP contribution in [0, 0.1) is 0 Å². The van der Waals surface area contributed by atoms with Crippen molar-refractivity contribution in [1.82, 2.24) is 4.98 Å². The zero-order valence-corrected chi connectivity index (χ0v) is 10.2. The van der Waals surface area contributed by atoms with Crippen LogP contribution in [0.25, 0.3) is 0 Å². The fraction of sp³-hybridized carbons (Fsp3) is 0.214. The molecule has 1 aromatic carbocycles. The number of anilines is 1. The van der Waals surface area contributed by atoms with E-state index in [2.05, 4.69) is 34.1 Å². The Morgan fingerprint density at radius 2 is 1.76 bits per heavy atom. The first kappa shape index (κ1) is 11.6. The number of rotatable bonds is 3. The molecule has 2 aromatic rings. The summed E-state index contributed by atoms with van der Waals surface area (Å²) in [6, 6.07) is 12.1. The van der Waals surface area contributed by atoms with E-state index in [1.165, 1.54) is 5.69 Å². The van der Waals surface area contributed by atoms with Gasteiger partial charge >= 0.3 is 0 Å². The van der Waals surface area contributed by atoms with Gasteiger partial charge in [-0.25, -0.2) is 0 Å². The van der Waals surface area contributed by atoms with Crippen LogP contribution in [0.5, 0.6) is 0 Å². The van der Waals surface area contributed by atoms with Crippen LogP contribution < -0.4 is 10.6 Å². The molecular formula is C14H17N3. The zero-order valence-electron chi connectivity index (χ0n) is 10.2. The summed E-state index contributed by atoms with van der Waals surface area (Å²) in [7, 11) is 4.05. The van der Waals surface area contributed by atoms with Gasteiger partial charge in [0.2, 0.25) is 0 Å². The third-order valence-corrected chi connectivity index (χ3v) is 2.81. The maximum absolute atomic E-state index is 6.19. The Bertz CT molecular complexity index is 463. The van der Waals surface area contributed by atoms with Crippen molar-refractivity contribution < 1.29 is 0 Å². The Labute approximate surface area is 102 Å². The van der Waals surface area contributed by atoms with Gasteiger partial charge in [0.15, 0.2) is 0 Å². The summed E-state index contributed by atoms with van der Waals surface area (Å²) in [6.45, 7) is 0. The molecule has 0 fully saturated rings. The van der Waals surface area contributed by atoms with Gasteiger partial charge in [0, 0.05) is 32.2 Å². The minimum Gasteiger partial charge on any atom is -0.378 e. The van der Waals surface area contributed by atoms with Crippen LogP contribution in [0.4, 0.5) is 5.69 Å². The molecule has 2 N–H and O–H groups in total. The van der Waals surface area contributed by atoms with Crippen molar-refractivity contribution >= 4 is 5.69 Å². The van der Waals surface area contributed by atoms with Crippen LogP contribution in [-0.4, -0.2) is 19.1 Å². The molecular weight excluding hydrogens is 210 g/mol. The van der Waals surface area contributed by atoms with Gasteiger partial charge in [0.05, 0.1) is 6.04 Å². The van der Waals surface area contributed by atoms with Crippen molar-refractivity contribution in [3.05, 3.63) is 59.9 Å². The second-order valence-electron chi connectivity index (χ2n) is 4.25. The molecule has 1 aromatic heterocycles. The summed E-state index contributed by atoms with van der Waals surface area (Å²) in [5, 5.41) is 0. The molecule has 17 heavy (non-hydrogen) atoms. The smallest absolute Gasteiger partial charge is 0.0566 e. The number of hydrogen-bond donors (Lipinski definition) is 1. The summed E-state index contributed by atoms with van der Waals surface area (Å²) in [4.78, 5) is 6.16. The largest absolute Gasteiger partial charge is 0.378 e. The molecule has 0 bridgehead atoms. The van der Waals surface area contributed by atoms with Crippen LogP contribution in [-0.2, 0) is 0 Å². The molecule has 1 atom stereocenters. The van der Waals surface area contributed by atoms with E-state index in [-0.39, 0.29) is 6.04 Å². The maximum atomic E-state index is 6.19. The highest BCUT2D eigenvalue weighted by atomic mass is 15.1. The van der Waals surface area contributed by atoms with Gasteiger partial charge < -0.3 is 10.6 Å². The second-order valence-corrected chi connectivity index (χ2v) is 4.25. The predicted octanol–water partition coefficient (Wildman–Crippen LogP) is 2.20. The van der Waals surface area contributed by atoms with E-state index in [1.807, 2.05) is 32.4 Å². The van der Waals surface area contributed by atoms with Crippen molar-refractivity contribution in [2.24, 2.45) is 5.73 Å². The molecule has 0 radical (unpaired) electrons. The molecule has 88 valence electrons. The third kappa shape index (κ3) is 2.63. The molecule has 0 aliphatic rings. The lowest BCUT2D eigenvalue weighted by atomic mass is 10.0. The van der Waals surface area contributed by atoms with E-state index < -0.39 is 0 Å². The summed E-state index contributed by atoms with van der Waals surface area (Å²) in [5.74, 6) is 0. The van der Waals surface area contributed by atoms with Crippen molar-refractivity contribution in [2.75, 3.05) is 19.0 Å². The fourth-order valence-electron chi connectivity index (χ4n) is 1.73. The third-order valence-electron chi connectivity index (χ3n) is 2.81. The summed E-state index contributed by atoms with van der Waals surface area (Å²) in [5.41, 5.74) is 9.50. The highest BCUT2D eigenvalue weighted by molar-refractivity contribution is 5.47. The predicted molar refractivity (Wildman–Crippen MR) is 71.0 cm³/mol. The van der Waals surface area contributed by atoms with Crippen molar-refractivity contribution in [1.29, 1.82) is 0 Å². The van der Waals surface area contributed by atoms with E-state index in [0.717, 1.165) is 11.1 Å². The molecule has 0 spiro atoms. The van der Waals surface area contributed by atoms with E-state index in [9.17, 15) is 0 Å². The summed E-state index contributed by atoms with van der Waals surface area (Å²) >= 11 is 0. The number of aromatic nitrogens is 1. The standard InChI is InChI=1S/C14H17N3/c1-17(2)13-7-5-11(6-8-13)14(15)12-4-3-9-16-10-12/h3-10,14H,15H2,1-2H3. The summed E-state index contributed by atoms with van der Waals surface area (Å²) < 4.78 is 0. The Morgan fingerprint density at radius 3 is 2.29 bits per heavy atom. The Kier molecular flexibility index (Phi) is 3.40. The SMILES string of the molecule is CN(C)c1ccc(C(N)c2cccnc2)cc1. The molecule has 1 unspecified atom stereocenters. The molecule has 0 amide bonds. The zero-order chi connectivity index (χ0) is 12.3. The minimum atomic E-state index is -0.111. The van der Waals surface area contributed by atoms with E-state index in [4.69, 9.17) is 5.73 Å². The molecule has 3 heteroatoms. The van der Waals surface area contributed by atoms with Gasteiger partial charge in [-0.05, 0) is 29.3 Å². The van der Waals surface area contributed by atoms with E-state index in [1.54, 1.807) is 6.20 Å². The maximum Gasteiger partial charge on any atom is 0.0566 e. The lowest BCUT2D eigenvalue weighted by molar-refractivity contribution is 0.863. The molecule has 0 saturated heterocycles. The normalized spacial score (nSPS) is 12.2. The number of nitrogens with two attached hydrogens (primary N) is 1. The number of benzene rings is 1. The van der Waals surface area contributed by atoms with Crippen molar-refractivity contribution in [3.63, 3.8) is 0 Å². The topological polar surface area (TPSA) is 42.1 Å². The first-order valence-electron chi connectivity index (χ1n) is 5.61. The fourth-order valence-corrected chi connectivity index (χ4v) is 1.73. The van der Waals surface area contributed by atoms with Crippen molar-refractivity contribution in [3.8, 4) is 0 Å². The molecule has 3 nitrogen and oxygen atoms in total.